The number of nitrogens with zero attached hydrogens (tertiary/aromatic N) is 3. The van der Waals surface area contributed by atoms with E-state index in [9.17, 15) is 14.4 Å². The van der Waals surface area contributed by atoms with Crippen LogP contribution in [0.3, 0.4) is 0 Å². The molecule has 1 atom stereocenters. The zero-order valence-electron chi connectivity index (χ0n) is 14.2. The number of rotatable bonds is 7. The Bertz CT molecular complexity index is 583. The summed E-state index contributed by atoms with van der Waals surface area (Å²) in [6, 6.07) is 3.23. The van der Waals surface area contributed by atoms with Crippen molar-refractivity contribution in [3.05, 3.63) is 24.5 Å². The van der Waals surface area contributed by atoms with Crippen molar-refractivity contribution in [2.24, 2.45) is 0 Å². The molecule has 130 valence electrons. The number of anilines is 1. The molecule has 0 radical (unpaired) electrons. The topological polar surface area (TPSA) is 82.6 Å². The molecule has 7 heteroatoms. The molecule has 1 aromatic heterocycles. The second kappa shape index (κ2) is 8.54. The Morgan fingerprint density at radius 3 is 2.29 bits per heavy atom. The van der Waals surface area contributed by atoms with Gasteiger partial charge in [0.2, 0.25) is 5.91 Å². The first kappa shape index (κ1) is 18.1. The number of hydrogen-bond acceptors (Lipinski definition) is 6. The normalized spacial score (nSPS) is 16.5. The van der Waals surface area contributed by atoms with Gasteiger partial charge < -0.3 is 10.2 Å². The van der Waals surface area contributed by atoms with Crippen LogP contribution >= 0.6 is 0 Å². The smallest absolute Gasteiger partial charge is 0.234 e. The molecular formula is C17H24N4O3. The van der Waals surface area contributed by atoms with E-state index in [4.69, 9.17) is 0 Å². The van der Waals surface area contributed by atoms with Crippen LogP contribution in [-0.2, 0) is 14.4 Å². The number of Topliss-reactive ketones (excluding diaryl/α,β-unsaturated/α-hetero) is 2. The van der Waals surface area contributed by atoms with Crippen LogP contribution in [0.2, 0.25) is 0 Å². The van der Waals surface area contributed by atoms with Gasteiger partial charge in [-0.15, -0.1) is 0 Å². The number of piperazine rings is 1. The Morgan fingerprint density at radius 1 is 1.12 bits per heavy atom. The minimum absolute atomic E-state index is 0.0525. The Morgan fingerprint density at radius 2 is 1.75 bits per heavy atom. The Hall–Kier alpha value is -2.28. The Labute approximate surface area is 142 Å². The lowest BCUT2D eigenvalue weighted by Gasteiger charge is -2.35. The fourth-order valence-corrected chi connectivity index (χ4v) is 2.75. The van der Waals surface area contributed by atoms with Gasteiger partial charge in [-0.2, -0.15) is 0 Å². The molecule has 0 bridgehead atoms. The highest BCUT2D eigenvalue weighted by molar-refractivity contribution is 5.92. The number of aromatic nitrogens is 1. The van der Waals surface area contributed by atoms with Crippen molar-refractivity contribution in [3.63, 3.8) is 0 Å². The molecule has 1 N–H and O–H groups in total. The van der Waals surface area contributed by atoms with E-state index in [1.165, 1.54) is 13.8 Å². The summed E-state index contributed by atoms with van der Waals surface area (Å²) in [4.78, 5) is 43.1. The monoisotopic (exact) mass is 332 g/mol. The maximum absolute atomic E-state index is 12.1. The van der Waals surface area contributed by atoms with Crippen molar-refractivity contribution >= 4 is 23.2 Å². The van der Waals surface area contributed by atoms with E-state index in [0.717, 1.165) is 31.9 Å². The highest BCUT2D eigenvalue weighted by Crippen LogP contribution is 2.14. The van der Waals surface area contributed by atoms with Crippen LogP contribution in [0.4, 0.5) is 5.69 Å². The number of ketones is 2. The van der Waals surface area contributed by atoms with E-state index in [1.54, 1.807) is 12.4 Å². The van der Waals surface area contributed by atoms with Gasteiger partial charge in [-0.1, -0.05) is 0 Å². The lowest BCUT2D eigenvalue weighted by atomic mass is 10.1. The molecule has 24 heavy (non-hydrogen) atoms. The van der Waals surface area contributed by atoms with Crippen LogP contribution in [0.15, 0.2) is 24.5 Å². The molecule has 2 heterocycles. The molecular weight excluding hydrogens is 308 g/mol. The van der Waals surface area contributed by atoms with Gasteiger partial charge in [0.05, 0.1) is 12.6 Å². The first-order valence-electron chi connectivity index (χ1n) is 8.12. The molecule has 0 spiro atoms. The molecule has 1 aliphatic heterocycles. The molecule has 1 amide bonds. The van der Waals surface area contributed by atoms with E-state index in [1.807, 2.05) is 12.1 Å². The van der Waals surface area contributed by atoms with Gasteiger partial charge in [-0.05, 0) is 26.0 Å². The van der Waals surface area contributed by atoms with Crippen LogP contribution in [0, 0.1) is 0 Å². The zero-order valence-corrected chi connectivity index (χ0v) is 14.2. The van der Waals surface area contributed by atoms with E-state index in [2.05, 4.69) is 20.1 Å². The first-order valence-corrected chi connectivity index (χ1v) is 8.12. The standard InChI is InChI=1S/C17H24N4O3/c1-13(22)11-16(14(2)23)19-17(24)12-20-7-9-21(10-8-20)15-3-5-18-6-4-15/h3-6,16H,7-12H2,1-2H3,(H,19,24). The van der Waals surface area contributed by atoms with Crippen molar-refractivity contribution in [1.29, 1.82) is 0 Å². The van der Waals surface area contributed by atoms with Gasteiger partial charge in [-0.3, -0.25) is 24.3 Å². The number of carbonyl (C=O) groups is 3. The summed E-state index contributed by atoms with van der Waals surface area (Å²) >= 11 is 0. The zero-order chi connectivity index (χ0) is 17.5. The number of nitrogens with one attached hydrogen (secondary N) is 1. The maximum atomic E-state index is 12.1. The number of hydrogen-bond donors (Lipinski definition) is 1. The van der Waals surface area contributed by atoms with Crippen LogP contribution in [0.25, 0.3) is 0 Å². The average Bonchev–Trinajstić information content (AvgIpc) is 2.55. The van der Waals surface area contributed by atoms with Crippen LogP contribution in [0.1, 0.15) is 20.3 Å². The van der Waals surface area contributed by atoms with Crippen LogP contribution in [-0.4, -0.2) is 66.1 Å². The molecule has 2 rings (SSSR count). The van der Waals surface area contributed by atoms with Gasteiger partial charge in [0.15, 0.2) is 5.78 Å². The summed E-state index contributed by atoms with van der Waals surface area (Å²) in [7, 11) is 0. The van der Waals surface area contributed by atoms with Crippen molar-refractivity contribution < 1.29 is 14.4 Å². The molecule has 0 aliphatic carbocycles. The fraction of sp³-hybridized carbons (Fsp3) is 0.529. The molecule has 1 fully saturated rings. The van der Waals surface area contributed by atoms with Gasteiger partial charge in [0.1, 0.15) is 5.78 Å². The predicted molar refractivity (Wildman–Crippen MR) is 90.8 cm³/mol. The summed E-state index contributed by atoms with van der Waals surface area (Å²) in [5.74, 6) is -0.517. The highest BCUT2D eigenvalue weighted by Gasteiger charge is 2.22. The lowest BCUT2D eigenvalue weighted by molar-refractivity contribution is -0.129. The third-order valence-electron chi connectivity index (χ3n) is 4.08. The summed E-state index contributed by atoms with van der Waals surface area (Å²) < 4.78 is 0. The third kappa shape index (κ3) is 5.42. The average molecular weight is 332 g/mol. The SMILES string of the molecule is CC(=O)CC(NC(=O)CN1CCN(c2ccncc2)CC1)C(C)=O. The Kier molecular flexibility index (Phi) is 6.43. The number of pyridine rings is 1. The van der Waals surface area contributed by atoms with E-state index in [-0.39, 0.29) is 30.4 Å². The van der Waals surface area contributed by atoms with Crippen LogP contribution in [0.5, 0.6) is 0 Å². The third-order valence-corrected chi connectivity index (χ3v) is 4.08. The molecule has 7 nitrogen and oxygen atoms in total. The van der Waals surface area contributed by atoms with Crippen molar-refractivity contribution in [2.45, 2.75) is 26.3 Å². The van der Waals surface area contributed by atoms with Crippen molar-refractivity contribution in [2.75, 3.05) is 37.6 Å². The van der Waals surface area contributed by atoms with Crippen molar-refractivity contribution in [1.82, 2.24) is 15.2 Å². The summed E-state index contributed by atoms with van der Waals surface area (Å²) in [5.41, 5.74) is 1.13. The minimum atomic E-state index is -0.715. The van der Waals surface area contributed by atoms with E-state index < -0.39 is 6.04 Å². The summed E-state index contributed by atoms with van der Waals surface area (Å²) in [5, 5.41) is 2.67. The van der Waals surface area contributed by atoms with E-state index in [0.29, 0.717) is 0 Å². The van der Waals surface area contributed by atoms with Crippen LogP contribution < -0.4 is 10.2 Å². The fourth-order valence-electron chi connectivity index (χ4n) is 2.75. The maximum Gasteiger partial charge on any atom is 0.234 e. The highest BCUT2D eigenvalue weighted by atomic mass is 16.2. The summed E-state index contributed by atoms with van der Waals surface area (Å²) in [6.07, 6.45) is 3.59. The molecule has 1 unspecified atom stereocenters. The van der Waals surface area contributed by atoms with Gasteiger partial charge in [0, 0.05) is 50.7 Å². The largest absolute Gasteiger partial charge is 0.369 e. The molecule has 1 aromatic rings. The van der Waals surface area contributed by atoms with Gasteiger partial charge in [-0.25, -0.2) is 0 Å². The molecule has 0 aromatic carbocycles. The quantitative estimate of drug-likeness (QED) is 0.771. The predicted octanol–water partition coefficient (Wildman–Crippen LogP) is 0.257. The molecule has 1 aliphatic rings. The molecule has 0 saturated carbocycles. The first-order chi connectivity index (χ1) is 11.5. The minimum Gasteiger partial charge on any atom is -0.369 e. The number of amides is 1. The van der Waals surface area contributed by atoms with Crippen molar-refractivity contribution in [3.8, 4) is 0 Å². The lowest BCUT2D eigenvalue weighted by Crippen LogP contribution is -2.51. The van der Waals surface area contributed by atoms with E-state index >= 15 is 0 Å². The van der Waals surface area contributed by atoms with Gasteiger partial charge >= 0.3 is 0 Å². The Balaban J connectivity index is 1.79. The number of carbonyl (C=O) groups excluding carboxylic acids is 3. The summed E-state index contributed by atoms with van der Waals surface area (Å²) in [6.45, 7) is 6.26. The molecule has 1 saturated heterocycles. The van der Waals surface area contributed by atoms with Gasteiger partial charge in [0.25, 0.3) is 0 Å². The second-order valence-corrected chi connectivity index (χ2v) is 6.11. The second-order valence-electron chi connectivity index (χ2n) is 6.11.